The van der Waals surface area contributed by atoms with Crippen molar-refractivity contribution in [3.63, 3.8) is 0 Å². The van der Waals surface area contributed by atoms with Crippen LogP contribution in [0.25, 0.3) is 6.08 Å². The van der Waals surface area contributed by atoms with E-state index in [1.165, 1.54) is 11.3 Å². The molecule has 0 aromatic heterocycles. The molecule has 1 aromatic carbocycles. The van der Waals surface area contributed by atoms with Crippen LogP contribution < -0.4 is 4.74 Å². The van der Waals surface area contributed by atoms with Crippen molar-refractivity contribution < 1.29 is 23.9 Å². The number of nitrogens with zero attached hydrogens (tertiary/aromatic N) is 1. The average Bonchev–Trinajstić information content (AvgIpc) is 2.96. The predicted molar refractivity (Wildman–Crippen MR) is 121 cm³/mol. The summed E-state index contributed by atoms with van der Waals surface area (Å²) in [5, 5.41) is 0.0535. The van der Waals surface area contributed by atoms with Crippen molar-refractivity contribution >= 4 is 62.5 Å². The number of imide groups is 1. The van der Waals surface area contributed by atoms with E-state index in [2.05, 4.69) is 15.9 Å². The molecular formula is C21H23BrClNO5S. The molecule has 2 aliphatic rings. The fourth-order valence-electron chi connectivity index (χ4n) is 3.57. The highest BCUT2D eigenvalue weighted by atomic mass is 79.9. The summed E-state index contributed by atoms with van der Waals surface area (Å²) in [5.41, 5.74) is 0.651. The first kappa shape index (κ1) is 23.2. The van der Waals surface area contributed by atoms with Crippen molar-refractivity contribution in [2.75, 3.05) is 19.8 Å². The Kier molecular flexibility index (Phi) is 8.25. The summed E-state index contributed by atoms with van der Waals surface area (Å²) in [7, 11) is 0. The summed E-state index contributed by atoms with van der Waals surface area (Å²) < 4.78 is 10.8. The van der Waals surface area contributed by atoms with Gasteiger partial charge in [-0.2, -0.15) is 0 Å². The normalized spacial score (nSPS) is 18.9. The number of carbonyl (C=O) groups excluding carboxylic acids is 3. The molecule has 162 valence electrons. The van der Waals surface area contributed by atoms with Gasteiger partial charge in [0.1, 0.15) is 0 Å². The molecule has 0 radical (unpaired) electrons. The lowest BCUT2D eigenvalue weighted by atomic mass is 9.89. The van der Waals surface area contributed by atoms with Crippen molar-refractivity contribution in [3.8, 4) is 5.75 Å². The summed E-state index contributed by atoms with van der Waals surface area (Å²) in [6.45, 7) is 2.22. The van der Waals surface area contributed by atoms with Gasteiger partial charge in [0.25, 0.3) is 11.1 Å². The number of thioether (sulfide) groups is 1. The van der Waals surface area contributed by atoms with Crippen LogP contribution in [0.2, 0.25) is 5.02 Å². The molecule has 1 aliphatic carbocycles. The van der Waals surface area contributed by atoms with E-state index in [1.54, 1.807) is 25.1 Å². The van der Waals surface area contributed by atoms with E-state index >= 15 is 0 Å². The molecule has 2 amide bonds. The van der Waals surface area contributed by atoms with E-state index in [0.29, 0.717) is 33.2 Å². The van der Waals surface area contributed by atoms with Crippen LogP contribution in [0.3, 0.4) is 0 Å². The van der Waals surface area contributed by atoms with Crippen LogP contribution in [0.5, 0.6) is 5.75 Å². The molecule has 0 unspecified atom stereocenters. The monoisotopic (exact) mass is 515 g/mol. The minimum absolute atomic E-state index is 0.226. The second kappa shape index (κ2) is 10.7. The van der Waals surface area contributed by atoms with Gasteiger partial charge in [-0.3, -0.25) is 14.5 Å². The molecule has 0 spiro atoms. The maximum absolute atomic E-state index is 12.8. The average molecular weight is 517 g/mol. The number of halogens is 2. The first-order chi connectivity index (χ1) is 14.4. The van der Waals surface area contributed by atoms with Crippen LogP contribution in [0.1, 0.15) is 44.6 Å². The summed E-state index contributed by atoms with van der Waals surface area (Å²) in [6.07, 6.45) is 7.33. The van der Waals surface area contributed by atoms with Crippen molar-refractivity contribution in [2.45, 2.75) is 39.0 Å². The van der Waals surface area contributed by atoms with Crippen LogP contribution in [-0.2, 0) is 14.3 Å². The minimum Gasteiger partial charge on any atom is -0.479 e. The number of hydrogen-bond acceptors (Lipinski definition) is 6. The highest BCUT2D eigenvalue weighted by Gasteiger charge is 2.36. The number of benzene rings is 1. The SMILES string of the molecule is CCOC(=O)COc1c(Cl)cc(/C=C2/SC(=O)N(CC3CCCCC3)C2=O)cc1Br. The molecule has 0 N–H and O–H groups in total. The third kappa shape index (κ3) is 5.80. The highest BCUT2D eigenvalue weighted by Crippen LogP contribution is 2.38. The molecule has 2 fully saturated rings. The molecule has 1 saturated carbocycles. The van der Waals surface area contributed by atoms with Crippen molar-refractivity contribution in [1.82, 2.24) is 4.90 Å². The molecule has 30 heavy (non-hydrogen) atoms. The van der Waals surface area contributed by atoms with Crippen molar-refractivity contribution in [2.24, 2.45) is 5.92 Å². The maximum Gasteiger partial charge on any atom is 0.344 e. The third-order valence-electron chi connectivity index (χ3n) is 5.00. The second-order valence-electron chi connectivity index (χ2n) is 7.20. The standard InChI is InChI=1S/C21H23BrClNO5S/c1-2-28-18(25)12-29-19-15(22)8-14(9-16(19)23)10-17-20(26)24(21(27)30-17)11-13-6-4-3-5-7-13/h8-10,13H,2-7,11-12H2,1H3/b17-10+. The highest BCUT2D eigenvalue weighted by molar-refractivity contribution is 9.10. The van der Waals surface area contributed by atoms with Crippen molar-refractivity contribution in [1.29, 1.82) is 0 Å². The Bertz CT molecular complexity index is 846. The topological polar surface area (TPSA) is 72.9 Å². The predicted octanol–water partition coefficient (Wildman–Crippen LogP) is 5.66. The van der Waals surface area contributed by atoms with Crippen LogP contribution in [0.4, 0.5) is 4.79 Å². The molecule has 6 nitrogen and oxygen atoms in total. The smallest absolute Gasteiger partial charge is 0.344 e. The lowest BCUT2D eigenvalue weighted by Gasteiger charge is -2.25. The number of hydrogen-bond donors (Lipinski definition) is 0. The molecule has 9 heteroatoms. The zero-order valence-electron chi connectivity index (χ0n) is 16.6. The van der Waals surface area contributed by atoms with Gasteiger partial charge in [-0.05, 0) is 77.1 Å². The molecule has 1 aromatic rings. The number of ether oxygens (including phenoxy) is 2. The van der Waals surface area contributed by atoms with Gasteiger partial charge < -0.3 is 9.47 Å². The Labute approximate surface area is 193 Å². The van der Waals surface area contributed by atoms with Crippen LogP contribution in [-0.4, -0.2) is 41.8 Å². The zero-order chi connectivity index (χ0) is 21.7. The van der Waals surface area contributed by atoms with Crippen LogP contribution in [0, 0.1) is 5.92 Å². The lowest BCUT2D eigenvalue weighted by molar-refractivity contribution is -0.145. The van der Waals surface area contributed by atoms with E-state index in [-0.39, 0.29) is 29.4 Å². The Balaban J connectivity index is 1.70. The summed E-state index contributed by atoms with van der Waals surface area (Å²) in [4.78, 5) is 38.4. The van der Waals surface area contributed by atoms with E-state index in [4.69, 9.17) is 21.1 Å². The third-order valence-corrected chi connectivity index (χ3v) is 6.77. The Morgan fingerprint density at radius 3 is 2.70 bits per heavy atom. The lowest BCUT2D eigenvalue weighted by Crippen LogP contribution is -2.34. The molecule has 3 rings (SSSR count). The first-order valence-corrected chi connectivity index (χ1v) is 11.9. The quantitative estimate of drug-likeness (QED) is 0.344. The molecule has 1 saturated heterocycles. The Morgan fingerprint density at radius 2 is 2.03 bits per heavy atom. The van der Waals surface area contributed by atoms with E-state index in [0.717, 1.165) is 37.4 Å². The molecule has 0 bridgehead atoms. The maximum atomic E-state index is 12.8. The van der Waals surface area contributed by atoms with Gasteiger partial charge in [-0.15, -0.1) is 0 Å². The summed E-state index contributed by atoms with van der Waals surface area (Å²) >= 11 is 10.6. The van der Waals surface area contributed by atoms with Crippen LogP contribution in [0.15, 0.2) is 21.5 Å². The fraction of sp³-hybridized carbons (Fsp3) is 0.476. The van der Waals surface area contributed by atoms with Gasteiger partial charge in [0.2, 0.25) is 0 Å². The Hall–Kier alpha value is -1.51. The van der Waals surface area contributed by atoms with Gasteiger partial charge >= 0.3 is 5.97 Å². The molecule has 1 aliphatic heterocycles. The zero-order valence-corrected chi connectivity index (χ0v) is 19.8. The van der Waals surface area contributed by atoms with E-state index < -0.39 is 5.97 Å². The summed E-state index contributed by atoms with van der Waals surface area (Å²) in [5.74, 6) is -0.0417. The molecule has 1 heterocycles. The summed E-state index contributed by atoms with van der Waals surface area (Å²) in [6, 6.07) is 3.35. The molecular weight excluding hydrogens is 494 g/mol. The largest absolute Gasteiger partial charge is 0.479 e. The van der Waals surface area contributed by atoms with Gasteiger partial charge in [0.15, 0.2) is 12.4 Å². The van der Waals surface area contributed by atoms with Gasteiger partial charge in [-0.25, -0.2) is 4.79 Å². The van der Waals surface area contributed by atoms with E-state index in [9.17, 15) is 14.4 Å². The first-order valence-electron chi connectivity index (χ1n) is 9.92. The van der Waals surface area contributed by atoms with Gasteiger partial charge in [0.05, 0.1) is 21.0 Å². The number of esters is 1. The van der Waals surface area contributed by atoms with Crippen molar-refractivity contribution in [3.05, 3.63) is 32.1 Å². The second-order valence-corrected chi connectivity index (χ2v) is 9.46. The van der Waals surface area contributed by atoms with E-state index in [1.807, 2.05) is 0 Å². The minimum atomic E-state index is -0.490. The molecule has 0 atom stereocenters. The Morgan fingerprint density at radius 1 is 1.30 bits per heavy atom. The van der Waals surface area contributed by atoms with Gasteiger partial charge in [0, 0.05) is 6.54 Å². The number of carbonyl (C=O) groups is 3. The van der Waals surface area contributed by atoms with Gasteiger partial charge in [-0.1, -0.05) is 30.9 Å². The number of amides is 2. The number of rotatable bonds is 7. The fourth-order valence-corrected chi connectivity index (χ4v) is 5.41. The van der Waals surface area contributed by atoms with Crippen LogP contribution >= 0.6 is 39.3 Å².